The monoisotopic (exact) mass is 387 g/mol. The van der Waals surface area contributed by atoms with Gasteiger partial charge in [-0.15, -0.1) is 0 Å². The van der Waals surface area contributed by atoms with Gasteiger partial charge in [-0.1, -0.05) is 42.5 Å². The Kier molecular flexibility index (Phi) is 4.83. The van der Waals surface area contributed by atoms with Gasteiger partial charge in [0.05, 0.1) is 5.69 Å². The van der Waals surface area contributed by atoms with E-state index in [4.69, 9.17) is 0 Å². The maximum atomic E-state index is 14.8. The number of H-pyrrole nitrogens is 1. The number of hydrogen-bond donors (Lipinski definition) is 2. The first-order valence-electron chi connectivity index (χ1n) is 8.72. The van der Waals surface area contributed by atoms with Gasteiger partial charge in [0.25, 0.3) is 0 Å². The Balaban J connectivity index is 2.46. The summed E-state index contributed by atoms with van der Waals surface area (Å²) in [5.41, 5.74) is -1.89. The zero-order valence-electron chi connectivity index (χ0n) is 15.7. The molecule has 0 spiro atoms. The Labute approximate surface area is 160 Å². The molecule has 3 aromatic rings. The number of hydrogen-bond acceptors (Lipinski definition) is 2. The van der Waals surface area contributed by atoms with Gasteiger partial charge in [0.1, 0.15) is 5.75 Å². The number of rotatable bonds is 4. The number of Topliss-reactive ketones (excluding diaryl/α,β-unsaturated/α-hetero) is 1. The Hall–Kier alpha value is -3.02. The van der Waals surface area contributed by atoms with E-state index >= 15 is 0 Å². The van der Waals surface area contributed by atoms with Gasteiger partial charge < -0.3 is 10.1 Å². The molecule has 1 aromatic heterocycles. The SMILES string of the molecule is CC(=O)c1ccc(C(c2ccccc2)(c2cc(C)c(O)c(C)c2)C(F)(F)F)[nH]1. The number of halogens is 3. The van der Waals surface area contributed by atoms with Crippen LogP contribution in [0.25, 0.3) is 0 Å². The molecule has 0 radical (unpaired) electrons. The number of alkyl halides is 3. The zero-order valence-corrected chi connectivity index (χ0v) is 15.7. The second-order valence-electron chi connectivity index (χ2n) is 6.91. The van der Waals surface area contributed by atoms with Gasteiger partial charge in [-0.2, -0.15) is 13.2 Å². The lowest BCUT2D eigenvalue weighted by molar-refractivity contribution is -0.167. The molecule has 28 heavy (non-hydrogen) atoms. The molecule has 0 aliphatic rings. The van der Waals surface area contributed by atoms with Gasteiger partial charge in [0, 0.05) is 12.6 Å². The number of phenols is 1. The molecule has 0 saturated carbocycles. The molecule has 0 amide bonds. The Morgan fingerprint density at radius 2 is 1.50 bits per heavy atom. The number of carbonyl (C=O) groups excluding carboxylic acids is 1. The van der Waals surface area contributed by atoms with Gasteiger partial charge >= 0.3 is 6.18 Å². The summed E-state index contributed by atoms with van der Waals surface area (Å²) in [5.74, 6) is -0.391. The van der Waals surface area contributed by atoms with Crippen LogP contribution in [-0.4, -0.2) is 22.1 Å². The molecule has 1 unspecified atom stereocenters. The highest BCUT2D eigenvalue weighted by Crippen LogP contribution is 2.51. The maximum Gasteiger partial charge on any atom is 0.407 e. The van der Waals surface area contributed by atoms with Gasteiger partial charge in [-0.3, -0.25) is 4.79 Å². The Morgan fingerprint density at radius 1 is 0.929 bits per heavy atom. The standard InChI is InChI=1S/C22H20F3NO2/c1-13-11-17(12-14(2)20(13)28)21(22(23,24)25,16-7-5-4-6-8-16)19-10-9-18(26-19)15(3)27/h4-12,26,28H,1-3H3. The first-order valence-corrected chi connectivity index (χ1v) is 8.72. The van der Waals surface area contributed by atoms with Crippen LogP contribution in [0.4, 0.5) is 13.2 Å². The second kappa shape index (κ2) is 6.86. The molecule has 3 rings (SSSR count). The van der Waals surface area contributed by atoms with Crippen molar-refractivity contribution in [2.75, 3.05) is 0 Å². The number of aryl methyl sites for hydroxylation is 2. The summed E-state index contributed by atoms with van der Waals surface area (Å²) in [6.07, 6.45) is -4.72. The van der Waals surface area contributed by atoms with E-state index < -0.39 is 11.6 Å². The van der Waals surface area contributed by atoms with Crippen molar-refractivity contribution in [3.8, 4) is 5.75 Å². The molecular weight excluding hydrogens is 367 g/mol. The van der Waals surface area contributed by atoms with Crippen LogP contribution in [0, 0.1) is 13.8 Å². The van der Waals surface area contributed by atoms with Crippen molar-refractivity contribution in [1.82, 2.24) is 4.98 Å². The molecule has 0 saturated heterocycles. The third-order valence-electron chi connectivity index (χ3n) is 5.03. The molecule has 1 heterocycles. The van der Waals surface area contributed by atoms with Crippen molar-refractivity contribution >= 4 is 5.78 Å². The van der Waals surface area contributed by atoms with Crippen molar-refractivity contribution in [1.29, 1.82) is 0 Å². The average molecular weight is 387 g/mol. The molecular formula is C22H20F3NO2. The van der Waals surface area contributed by atoms with Crippen LogP contribution >= 0.6 is 0 Å². The lowest BCUT2D eigenvalue weighted by Gasteiger charge is -2.37. The fourth-order valence-corrected chi connectivity index (χ4v) is 3.64. The molecule has 0 aliphatic carbocycles. The lowest BCUT2D eigenvalue weighted by atomic mass is 9.70. The third kappa shape index (κ3) is 2.99. The van der Waals surface area contributed by atoms with Crippen molar-refractivity contribution < 1.29 is 23.1 Å². The topological polar surface area (TPSA) is 53.1 Å². The van der Waals surface area contributed by atoms with E-state index in [1.54, 1.807) is 32.0 Å². The highest BCUT2D eigenvalue weighted by atomic mass is 19.4. The number of aromatic amines is 1. The molecule has 2 N–H and O–H groups in total. The van der Waals surface area contributed by atoms with Crippen molar-refractivity contribution in [2.24, 2.45) is 0 Å². The van der Waals surface area contributed by atoms with Crippen LogP contribution < -0.4 is 0 Å². The average Bonchev–Trinajstić information content (AvgIpc) is 3.10. The van der Waals surface area contributed by atoms with Gasteiger partial charge in [-0.05, 0) is 48.2 Å². The molecule has 2 aromatic carbocycles. The van der Waals surface area contributed by atoms with E-state index in [0.29, 0.717) is 11.1 Å². The molecule has 0 aliphatic heterocycles. The summed E-state index contributed by atoms with van der Waals surface area (Å²) in [5, 5.41) is 10.1. The highest BCUT2D eigenvalue weighted by molar-refractivity contribution is 5.92. The fourth-order valence-electron chi connectivity index (χ4n) is 3.64. The van der Waals surface area contributed by atoms with Crippen LogP contribution in [0.5, 0.6) is 5.75 Å². The third-order valence-corrected chi connectivity index (χ3v) is 5.03. The Bertz CT molecular complexity index is 999. The summed E-state index contributed by atoms with van der Waals surface area (Å²) < 4.78 is 44.5. The number of phenolic OH excluding ortho intramolecular Hbond substituents is 1. The summed E-state index contributed by atoms with van der Waals surface area (Å²) in [6.45, 7) is 4.42. The summed E-state index contributed by atoms with van der Waals surface area (Å²) >= 11 is 0. The molecule has 1 atom stereocenters. The minimum absolute atomic E-state index is 0.0175. The smallest absolute Gasteiger partial charge is 0.407 e. The minimum atomic E-state index is -4.72. The van der Waals surface area contributed by atoms with E-state index in [-0.39, 0.29) is 34.0 Å². The normalized spacial score (nSPS) is 13.9. The van der Waals surface area contributed by atoms with Gasteiger partial charge in [0.2, 0.25) is 0 Å². The van der Waals surface area contributed by atoms with Gasteiger partial charge in [0.15, 0.2) is 11.2 Å². The van der Waals surface area contributed by atoms with Crippen molar-refractivity contribution in [2.45, 2.75) is 32.4 Å². The molecule has 3 nitrogen and oxygen atoms in total. The number of aromatic nitrogens is 1. The molecule has 146 valence electrons. The Morgan fingerprint density at radius 3 is 1.96 bits per heavy atom. The molecule has 0 fully saturated rings. The summed E-state index contributed by atoms with van der Waals surface area (Å²) in [4.78, 5) is 14.4. The maximum absolute atomic E-state index is 14.8. The predicted octanol–water partition coefficient (Wildman–Crippen LogP) is 5.44. The minimum Gasteiger partial charge on any atom is -0.507 e. The summed E-state index contributed by atoms with van der Waals surface area (Å²) in [7, 11) is 0. The van der Waals surface area contributed by atoms with Crippen LogP contribution in [0.1, 0.15) is 45.4 Å². The van der Waals surface area contributed by atoms with E-state index in [0.717, 1.165) is 0 Å². The first kappa shape index (κ1) is 19.7. The molecule has 0 bridgehead atoms. The number of nitrogens with one attached hydrogen (secondary N) is 1. The quantitative estimate of drug-likeness (QED) is 0.586. The second-order valence-corrected chi connectivity index (χ2v) is 6.91. The fraction of sp³-hybridized carbons (Fsp3) is 0.227. The number of carbonyl (C=O) groups is 1. The van der Waals surface area contributed by atoms with Crippen LogP contribution in [0.3, 0.4) is 0 Å². The summed E-state index contributed by atoms with van der Waals surface area (Å²) in [6, 6.07) is 12.9. The predicted molar refractivity (Wildman–Crippen MR) is 101 cm³/mol. The van der Waals surface area contributed by atoms with Crippen LogP contribution in [-0.2, 0) is 5.41 Å². The lowest BCUT2D eigenvalue weighted by Crippen LogP contribution is -2.45. The molecule has 6 heteroatoms. The van der Waals surface area contributed by atoms with E-state index in [9.17, 15) is 23.1 Å². The van der Waals surface area contributed by atoms with E-state index in [2.05, 4.69) is 4.98 Å². The van der Waals surface area contributed by atoms with Crippen LogP contribution in [0.15, 0.2) is 54.6 Å². The number of benzene rings is 2. The number of aromatic hydroxyl groups is 1. The van der Waals surface area contributed by atoms with Gasteiger partial charge in [-0.25, -0.2) is 0 Å². The largest absolute Gasteiger partial charge is 0.507 e. The highest BCUT2D eigenvalue weighted by Gasteiger charge is 2.59. The number of ketones is 1. The van der Waals surface area contributed by atoms with E-state index in [1.807, 2.05) is 0 Å². The van der Waals surface area contributed by atoms with E-state index in [1.165, 1.54) is 43.3 Å². The first-order chi connectivity index (χ1) is 13.1. The van der Waals surface area contributed by atoms with Crippen molar-refractivity contribution in [3.05, 3.63) is 88.2 Å². The van der Waals surface area contributed by atoms with Crippen molar-refractivity contribution in [3.63, 3.8) is 0 Å². The zero-order chi connectivity index (χ0) is 20.7. The van der Waals surface area contributed by atoms with Crippen LogP contribution in [0.2, 0.25) is 0 Å².